The molecule has 0 radical (unpaired) electrons. The molecule has 0 bridgehead atoms. The first-order valence-electron chi connectivity index (χ1n) is 6.58. The number of nitrogens with one attached hydrogen (secondary N) is 1. The van der Waals surface area contributed by atoms with Crippen molar-refractivity contribution in [3.05, 3.63) is 0 Å². The highest BCUT2D eigenvalue weighted by atomic mass is 16.3. The van der Waals surface area contributed by atoms with E-state index in [0.29, 0.717) is 6.61 Å². The summed E-state index contributed by atoms with van der Waals surface area (Å²) in [7, 11) is 0. The summed E-state index contributed by atoms with van der Waals surface area (Å²) in [6.45, 7) is 5.98. The second-order valence-electron chi connectivity index (χ2n) is 5.22. The Morgan fingerprint density at radius 1 is 1.33 bits per heavy atom. The Morgan fingerprint density at radius 3 is 2.80 bits per heavy atom. The third kappa shape index (κ3) is 4.12. The highest BCUT2D eigenvalue weighted by Crippen LogP contribution is 2.32. The average Bonchev–Trinajstić information content (AvgIpc) is 2.40. The summed E-state index contributed by atoms with van der Waals surface area (Å²) in [4.78, 5) is 0. The van der Waals surface area contributed by atoms with E-state index in [1.807, 2.05) is 0 Å². The molecule has 2 heteroatoms. The van der Waals surface area contributed by atoms with Gasteiger partial charge in [-0.25, -0.2) is 0 Å². The first kappa shape index (κ1) is 13.0. The normalized spacial score (nSPS) is 32.6. The number of rotatable bonds is 5. The van der Waals surface area contributed by atoms with E-state index in [0.717, 1.165) is 18.9 Å². The topological polar surface area (TPSA) is 32.3 Å². The van der Waals surface area contributed by atoms with Crippen molar-refractivity contribution in [2.75, 3.05) is 13.2 Å². The molecule has 0 aromatic rings. The molecule has 15 heavy (non-hydrogen) atoms. The van der Waals surface area contributed by atoms with E-state index in [1.54, 1.807) is 0 Å². The van der Waals surface area contributed by atoms with Crippen LogP contribution < -0.4 is 5.32 Å². The van der Waals surface area contributed by atoms with E-state index in [4.69, 9.17) is 0 Å². The van der Waals surface area contributed by atoms with Crippen LogP contribution in [0.2, 0.25) is 0 Å². The van der Waals surface area contributed by atoms with E-state index < -0.39 is 0 Å². The van der Waals surface area contributed by atoms with Gasteiger partial charge >= 0.3 is 0 Å². The lowest BCUT2D eigenvalue weighted by Gasteiger charge is -2.34. The van der Waals surface area contributed by atoms with Crippen LogP contribution >= 0.6 is 0 Å². The van der Waals surface area contributed by atoms with Crippen LogP contribution in [0.3, 0.4) is 0 Å². The van der Waals surface area contributed by atoms with Crippen LogP contribution in [0.25, 0.3) is 0 Å². The van der Waals surface area contributed by atoms with Crippen molar-refractivity contribution in [2.45, 2.75) is 64.3 Å². The second kappa shape index (κ2) is 6.49. The van der Waals surface area contributed by atoms with Gasteiger partial charge in [0.1, 0.15) is 0 Å². The molecule has 90 valence electrons. The van der Waals surface area contributed by atoms with Crippen LogP contribution in [0.4, 0.5) is 0 Å². The third-order valence-corrected chi connectivity index (χ3v) is 3.81. The predicted molar refractivity (Wildman–Crippen MR) is 65.0 cm³/mol. The molecule has 0 aromatic carbocycles. The van der Waals surface area contributed by atoms with E-state index in [2.05, 4.69) is 19.2 Å². The predicted octanol–water partition coefficient (Wildman–Crippen LogP) is 2.71. The van der Waals surface area contributed by atoms with Gasteiger partial charge in [-0.3, -0.25) is 0 Å². The van der Waals surface area contributed by atoms with E-state index in [1.165, 1.54) is 38.5 Å². The van der Waals surface area contributed by atoms with Gasteiger partial charge in [0.2, 0.25) is 0 Å². The van der Waals surface area contributed by atoms with Gasteiger partial charge in [0.05, 0.1) is 0 Å². The van der Waals surface area contributed by atoms with Crippen molar-refractivity contribution in [3.8, 4) is 0 Å². The van der Waals surface area contributed by atoms with Crippen molar-refractivity contribution in [2.24, 2.45) is 5.92 Å². The molecule has 1 saturated carbocycles. The molecular weight excluding hydrogens is 186 g/mol. The maximum Gasteiger partial charge on any atom is 0.0448 e. The molecule has 1 aliphatic rings. The fourth-order valence-corrected chi connectivity index (χ4v) is 2.70. The largest absolute Gasteiger partial charge is 0.396 e. The lowest BCUT2D eigenvalue weighted by atomic mass is 9.86. The fourth-order valence-electron chi connectivity index (χ4n) is 2.70. The van der Waals surface area contributed by atoms with Gasteiger partial charge in [-0.15, -0.1) is 0 Å². The minimum atomic E-state index is 0.246. The van der Waals surface area contributed by atoms with Gasteiger partial charge in [-0.2, -0.15) is 0 Å². The van der Waals surface area contributed by atoms with Gasteiger partial charge in [0, 0.05) is 12.1 Å². The highest BCUT2D eigenvalue weighted by Gasteiger charge is 2.30. The van der Waals surface area contributed by atoms with Crippen LogP contribution in [-0.4, -0.2) is 23.8 Å². The summed E-state index contributed by atoms with van der Waals surface area (Å²) >= 11 is 0. The molecule has 2 nitrogen and oxygen atoms in total. The first-order valence-corrected chi connectivity index (χ1v) is 6.58. The maximum atomic E-state index is 9.20. The SMILES string of the molecule is CCCNC1(CCO)CCCC(C)CC1. The molecule has 0 amide bonds. The van der Waals surface area contributed by atoms with E-state index >= 15 is 0 Å². The Labute approximate surface area is 94.5 Å². The Morgan fingerprint density at radius 2 is 2.13 bits per heavy atom. The summed E-state index contributed by atoms with van der Waals surface area (Å²) in [5, 5.41) is 12.9. The summed E-state index contributed by atoms with van der Waals surface area (Å²) < 4.78 is 0. The molecule has 0 aromatic heterocycles. The zero-order valence-electron chi connectivity index (χ0n) is 10.4. The Hall–Kier alpha value is -0.0800. The second-order valence-corrected chi connectivity index (χ2v) is 5.22. The van der Waals surface area contributed by atoms with Crippen LogP contribution in [0, 0.1) is 5.92 Å². The summed E-state index contributed by atoms with van der Waals surface area (Å²) in [6.07, 6.45) is 8.60. The Kier molecular flexibility index (Phi) is 5.62. The Bertz CT molecular complexity index is 168. The van der Waals surface area contributed by atoms with Gasteiger partial charge in [-0.1, -0.05) is 26.7 Å². The molecule has 2 unspecified atom stereocenters. The lowest BCUT2D eigenvalue weighted by molar-refractivity contribution is 0.190. The minimum Gasteiger partial charge on any atom is -0.396 e. The maximum absolute atomic E-state index is 9.20. The molecular formula is C13H27NO. The standard InChI is InChI=1S/C13H27NO/c1-3-10-14-13(9-11-15)7-4-5-12(2)6-8-13/h12,14-15H,3-11H2,1-2H3. The van der Waals surface area contributed by atoms with Gasteiger partial charge in [-0.05, 0) is 44.6 Å². The van der Waals surface area contributed by atoms with Gasteiger partial charge in [0.25, 0.3) is 0 Å². The van der Waals surface area contributed by atoms with Crippen molar-refractivity contribution in [3.63, 3.8) is 0 Å². The number of hydrogen-bond donors (Lipinski definition) is 2. The van der Waals surface area contributed by atoms with Crippen molar-refractivity contribution >= 4 is 0 Å². The molecule has 0 spiro atoms. The molecule has 0 aliphatic heterocycles. The summed E-state index contributed by atoms with van der Waals surface area (Å²) in [6, 6.07) is 0. The fraction of sp³-hybridized carbons (Fsp3) is 1.00. The zero-order chi connectivity index (χ0) is 11.1. The number of hydrogen-bond acceptors (Lipinski definition) is 2. The monoisotopic (exact) mass is 213 g/mol. The zero-order valence-corrected chi connectivity index (χ0v) is 10.4. The number of aliphatic hydroxyl groups excluding tert-OH is 1. The van der Waals surface area contributed by atoms with Gasteiger partial charge in [0.15, 0.2) is 0 Å². The minimum absolute atomic E-state index is 0.246. The number of aliphatic hydroxyl groups is 1. The van der Waals surface area contributed by atoms with Crippen LogP contribution in [0.1, 0.15) is 58.8 Å². The molecule has 0 saturated heterocycles. The van der Waals surface area contributed by atoms with Crippen LogP contribution in [0.5, 0.6) is 0 Å². The molecule has 0 heterocycles. The van der Waals surface area contributed by atoms with Crippen molar-refractivity contribution in [1.29, 1.82) is 0 Å². The molecule has 1 fully saturated rings. The smallest absolute Gasteiger partial charge is 0.0448 e. The van der Waals surface area contributed by atoms with Crippen molar-refractivity contribution in [1.82, 2.24) is 5.32 Å². The summed E-state index contributed by atoms with van der Waals surface area (Å²) in [5.74, 6) is 0.869. The third-order valence-electron chi connectivity index (χ3n) is 3.81. The highest BCUT2D eigenvalue weighted by molar-refractivity contribution is 4.90. The van der Waals surface area contributed by atoms with Crippen LogP contribution in [-0.2, 0) is 0 Å². The molecule has 2 N–H and O–H groups in total. The summed E-state index contributed by atoms with van der Waals surface area (Å²) in [5.41, 5.74) is 0.246. The van der Waals surface area contributed by atoms with E-state index in [9.17, 15) is 5.11 Å². The van der Waals surface area contributed by atoms with E-state index in [-0.39, 0.29) is 5.54 Å². The lowest BCUT2D eigenvalue weighted by Crippen LogP contribution is -2.46. The average molecular weight is 213 g/mol. The molecule has 1 rings (SSSR count). The molecule has 2 atom stereocenters. The Balaban J connectivity index is 2.53. The van der Waals surface area contributed by atoms with Crippen molar-refractivity contribution < 1.29 is 5.11 Å². The van der Waals surface area contributed by atoms with Gasteiger partial charge < -0.3 is 10.4 Å². The van der Waals surface area contributed by atoms with Crippen LogP contribution in [0.15, 0.2) is 0 Å². The molecule has 1 aliphatic carbocycles. The first-order chi connectivity index (χ1) is 7.22. The quantitative estimate of drug-likeness (QED) is 0.688.